The van der Waals surface area contributed by atoms with Crippen molar-refractivity contribution in [3.8, 4) is 0 Å². The summed E-state index contributed by atoms with van der Waals surface area (Å²) in [5.74, 6) is 2.55. The third-order valence-electron chi connectivity index (χ3n) is 9.22. The van der Waals surface area contributed by atoms with Crippen molar-refractivity contribution in [2.45, 2.75) is 76.2 Å². The van der Waals surface area contributed by atoms with Gasteiger partial charge in [0, 0.05) is 44.4 Å². The van der Waals surface area contributed by atoms with E-state index < -0.39 is 5.97 Å². The lowest BCUT2D eigenvalue weighted by molar-refractivity contribution is -0.145. The first-order valence-electron chi connectivity index (χ1n) is 14.4. The highest BCUT2D eigenvalue weighted by molar-refractivity contribution is 5.74. The van der Waals surface area contributed by atoms with Gasteiger partial charge in [-0.1, -0.05) is 49.6 Å². The van der Waals surface area contributed by atoms with E-state index in [4.69, 9.17) is 0 Å². The molecule has 3 heterocycles. The second-order valence-electron chi connectivity index (χ2n) is 11.6. The van der Waals surface area contributed by atoms with Gasteiger partial charge in [-0.25, -0.2) is 4.98 Å². The van der Waals surface area contributed by atoms with E-state index in [0.717, 1.165) is 50.6 Å². The molecule has 36 heavy (non-hydrogen) atoms. The Morgan fingerprint density at radius 1 is 1.06 bits per heavy atom. The maximum atomic E-state index is 12.5. The number of piperidine rings is 1. The fourth-order valence-electron chi connectivity index (χ4n) is 7.28. The molecule has 3 atom stereocenters. The molecule has 5 rings (SSSR count). The summed E-state index contributed by atoms with van der Waals surface area (Å²) < 4.78 is 0. The highest BCUT2D eigenvalue weighted by atomic mass is 16.4. The summed E-state index contributed by atoms with van der Waals surface area (Å²) in [7, 11) is 0. The maximum absolute atomic E-state index is 12.5. The molecule has 3 unspecified atom stereocenters. The average molecular weight is 493 g/mol. The number of rotatable bonds is 10. The lowest BCUT2D eigenvalue weighted by atomic mass is 9.83. The topological polar surface area (TPSA) is 72.5 Å². The number of aryl methyl sites for hydroxylation is 1. The van der Waals surface area contributed by atoms with E-state index in [1.54, 1.807) is 0 Å². The van der Waals surface area contributed by atoms with Crippen molar-refractivity contribution >= 4 is 5.97 Å². The average Bonchev–Trinajstić information content (AvgIpc) is 3.57. The first kappa shape index (κ1) is 25.5. The number of hydrogen-bond acceptors (Lipinski definition) is 4. The SMILES string of the molecule is O=C(O)C(C1CCCCC1)N1CC(CN2CCC(CCCc3ncc[nH]3)CC2)C(c2ccccc2)C1. The zero-order valence-electron chi connectivity index (χ0n) is 21.7. The first-order valence-corrected chi connectivity index (χ1v) is 14.4. The molecule has 2 aliphatic heterocycles. The van der Waals surface area contributed by atoms with E-state index in [2.05, 4.69) is 50.1 Å². The lowest BCUT2D eigenvalue weighted by Crippen LogP contribution is -2.46. The molecule has 6 heteroatoms. The first-order chi connectivity index (χ1) is 17.7. The number of aromatic nitrogens is 2. The molecule has 2 N–H and O–H groups in total. The minimum atomic E-state index is -0.607. The Bertz CT molecular complexity index is 920. The van der Waals surface area contributed by atoms with E-state index in [1.165, 1.54) is 63.6 Å². The van der Waals surface area contributed by atoms with Gasteiger partial charge in [-0.15, -0.1) is 0 Å². The number of imidazole rings is 1. The molecular formula is C30H44N4O2. The molecule has 1 aromatic carbocycles. The van der Waals surface area contributed by atoms with Crippen molar-refractivity contribution in [2.24, 2.45) is 17.8 Å². The van der Waals surface area contributed by atoms with Crippen molar-refractivity contribution in [3.05, 3.63) is 54.1 Å². The standard InChI is InChI=1S/C30H44N4O2/c35-30(36)29(25-11-5-2-6-12-25)34-21-26(27(22-34)24-9-3-1-4-10-24)20-33-18-14-23(15-19-33)8-7-13-28-31-16-17-32-28/h1,3-4,9-10,16-17,23,25-27,29H,2,5-8,11-15,18-22H2,(H,31,32)(H,35,36). The Labute approximate surface area is 216 Å². The molecule has 1 aliphatic carbocycles. The predicted octanol–water partition coefficient (Wildman–Crippen LogP) is 5.19. The van der Waals surface area contributed by atoms with Crippen LogP contribution < -0.4 is 0 Å². The minimum absolute atomic E-state index is 0.309. The number of hydrogen-bond donors (Lipinski definition) is 2. The molecule has 0 radical (unpaired) electrons. The molecule has 196 valence electrons. The number of carboxylic acids is 1. The second-order valence-corrected chi connectivity index (χ2v) is 11.6. The van der Waals surface area contributed by atoms with Crippen LogP contribution in [0, 0.1) is 17.8 Å². The van der Waals surface area contributed by atoms with E-state index in [0.29, 0.717) is 17.8 Å². The summed E-state index contributed by atoms with van der Waals surface area (Å²) in [6, 6.07) is 10.6. The normalized spacial score (nSPS) is 25.8. The summed E-state index contributed by atoms with van der Waals surface area (Å²) in [6.07, 6.45) is 15.6. The maximum Gasteiger partial charge on any atom is 0.321 e. The number of nitrogens with zero attached hydrogens (tertiary/aromatic N) is 3. The van der Waals surface area contributed by atoms with Gasteiger partial charge in [-0.05, 0) is 74.9 Å². The van der Waals surface area contributed by atoms with Gasteiger partial charge in [-0.2, -0.15) is 0 Å². The van der Waals surface area contributed by atoms with Gasteiger partial charge in [0.1, 0.15) is 11.9 Å². The Morgan fingerprint density at radius 3 is 2.53 bits per heavy atom. The summed E-state index contributed by atoms with van der Waals surface area (Å²) in [5, 5.41) is 10.3. The van der Waals surface area contributed by atoms with Crippen molar-refractivity contribution in [1.29, 1.82) is 0 Å². The van der Waals surface area contributed by atoms with Crippen molar-refractivity contribution in [1.82, 2.24) is 19.8 Å². The van der Waals surface area contributed by atoms with Crippen LogP contribution in [0.3, 0.4) is 0 Å². The van der Waals surface area contributed by atoms with Crippen LogP contribution in [0.1, 0.15) is 75.1 Å². The van der Waals surface area contributed by atoms with Crippen LogP contribution in [0.2, 0.25) is 0 Å². The minimum Gasteiger partial charge on any atom is -0.480 e. The third kappa shape index (κ3) is 6.38. The molecule has 1 aromatic heterocycles. The summed E-state index contributed by atoms with van der Waals surface area (Å²) >= 11 is 0. The molecular weight excluding hydrogens is 448 g/mol. The smallest absolute Gasteiger partial charge is 0.321 e. The number of nitrogens with one attached hydrogen (secondary N) is 1. The highest BCUT2D eigenvalue weighted by Gasteiger charge is 2.43. The van der Waals surface area contributed by atoms with Gasteiger partial charge in [0.15, 0.2) is 0 Å². The quantitative estimate of drug-likeness (QED) is 0.477. The number of benzene rings is 1. The second kappa shape index (κ2) is 12.4. The van der Waals surface area contributed by atoms with Gasteiger partial charge < -0.3 is 15.0 Å². The van der Waals surface area contributed by atoms with Crippen LogP contribution in [0.15, 0.2) is 42.7 Å². The zero-order chi connectivity index (χ0) is 24.7. The molecule has 6 nitrogen and oxygen atoms in total. The summed E-state index contributed by atoms with van der Waals surface area (Å²) in [5.41, 5.74) is 1.38. The van der Waals surface area contributed by atoms with Gasteiger partial charge in [0.25, 0.3) is 0 Å². The van der Waals surface area contributed by atoms with Crippen LogP contribution in [0.4, 0.5) is 0 Å². The predicted molar refractivity (Wildman–Crippen MR) is 143 cm³/mol. The number of H-pyrrole nitrogens is 1. The van der Waals surface area contributed by atoms with E-state index in [-0.39, 0.29) is 6.04 Å². The van der Waals surface area contributed by atoms with E-state index in [9.17, 15) is 9.90 Å². The Morgan fingerprint density at radius 2 is 1.83 bits per heavy atom. The van der Waals surface area contributed by atoms with Gasteiger partial charge in [0.2, 0.25) is 0 Å². The van der Waals surface area contributed by atoms with Crippen LogP contribution in [0.25, 0.3) is 0 Å². The number of aliphatic carboxylic acids is 1. The van der Waals surface area contributed by atoms with Gasteiger partial charge in [0.05, 0.1) is 0 Å². The molecule has 2 aromatic rings. The lowest BCUT2D eigenvalue weighted by Gasteiger charge is -2.35. The Hall–Kier alpha value is -2.18. The summed E-state index contributed by atoms with van der Waals surface area (Å²) in [6.45, 7) is 5.23. The Balaban J connectivity index is 1.18. The monoisotopic (exact) mass is 492 g/mol. The number of aromatic amines is 1. The molecule has 2 saturated heterocycles. The number of carboxylic acid groups (broad SMARTS) is 1. The van der Waals surface area contributed by atoms with E-state index in [1.807, 2.05) is 12.4 Å². The fraction of sp³-hybridized carbons (Fsp3) is 0.667. The van der Waals surface area contributed by atoms with Crippen LogP contribution in [-0.4, -0.2) is 69.6 Å². The van der Waals surface area contributed by atoms with Crippen LogP contribution >= 0.6 is 0 Å². The van der Waals surface area contributed by atoms with Crippen LogP contribution in [0.5, 0.6) is 0 Å². The molecule has 0 spiro atoms. The van der Waals surface area contributed by atoms with Gasteiger partial charge in [-0.3, -0.25) is 9.69 Å². The molecule has 0 amide bonds. The summed E-state index contributed by atoms with van der Waals surface area (Å²) in [4.78, 5) is 25.1. The molecule has 0 bridgehead atoms. The van der Waals surface area contributed by atoms with E-state index >= 15 is 0 Å². The largest absolute Gasteiger partial charge is 0.480 e. The van der Waals surface area contributed by atoms with Gasteiger partial charge >= 0.3 is 5.97 Å². The van der Waals surface area contributed by atoms with Crippen molar-refractivity contribution < 1.29 is 9.90 Å². The van der Waals surface area contributed by atoms with Crippen molar-refractivity contribution in [2.75, 3.05) is 32.7 Å². The third-order valence-corrected chi connectivity index (χ3v) is 9.22. The Kier molecular flexibility index (Phi) is 8.75. The molecule has 3 fully saturated rings. The van der Waals surface area contributed by atoms with Crippen LogP contribution in [-0.2, 0) is 11.2 Å². The molecule has 3 aliphatic rings. The number of likely N-dealkylation sites (tertiary alicyclic amines) is 2. The molecule has 1 saturated carbocycles. The number of carbonyl (C=O) groups is 1. The zero-order valence-corrected chi connectivity index (χ0v) is 21.7. The van der Waals surface area contributed by atoms with Crippen molar-refractivity contribution in [3.63, 3.8) is 0 Å². The fourth-order valence-corrected chi connectivity index (χ4v) is 7.28. The highest BCUT2D eigenvalue weighted by Crippen LogP contribution is 2.38.